The SMILES string of the molecule is c1ccc(-c2ccc(-c3ccccc3N(c3ccc(-c4cccc5c4sc4ccccc45)cc3)c3ccccc3-c3cccc4cccc(C5CCCCC5)c34)cc2)cc1. The number of thiophene rings is 1. The van der Waals surface area contributed by atoms with Gasteiger partial charge in [-0.3, -0.25) is 0 Å². The molecule has 60 heavy (non-hydrogen) atoms. The molecule has 1 aliphatic rings. The predicted molar refractivity (Wildman–Crippen MR) is 259 cm³/mol. The largest absolute Gasteiger partial charge is 0.309 e. The van der Waals surface area contributed by atoms with Crippen LogP contribution in [-0.4, -0.2) is 0 Å². The van der Waals surface area contributed by atoms with Gasteiger partial charge in [-0.2, -0.15) is 0 Å². The minimum absolute atomic E-state index is 0.587. The molecule has 1 heterocycles. The summed E-state index contributed by atoms with van der Waals surface area (Å²) in [7, 11) is 0. The summed E-state index contributed by atoms with van der Waals surface area (Å²) >= 11 is 1.89. The second kappa shape index (κ2) is 15.8. The van der Waals surface area contributed by atoms with Crippen molar-refractivity contribution < 1.29 is 0 Å². The van der Waals surface area contributed by atoms with Gasteiger partial charge in [0.25, 0.3) is 0 Å². The Hall–Kier alpha value is -6.74. The number of hydrogen-bond acceptors (Lipinski definition) is 2. The lowest BCUT2D eigenvalue weighted by Crippen LogP contribution is -2.12. The van der Waals surface area contributed by atoms with Crippen LogP contribution in [0.2, 0.25) is 0 Å². The van der Waals surface area contributed by atoms with Crippen LogP contribution in [-0.2, 0) is 0 Å². The number of rotatable bonds is 8. The first kappa shape index (κ1) is 36.3. The van der Waals surface area contributed by atoms with Gasteiger partial charge in [0.05, 0.1) is 11.4 Å². The molecule has 0 aliphatic heterocycles. The van der Waals surface area contributed by atoms with Crippen LogP contribution in [0.3, 0.4) is 0 Å². The first-order valence-electron chi connectivity index (χ1n) is 21.5. The van der Waals surface area contributed by atoms with E-state index in [4.69, 9.17) is 0 Å². The second-order valence-electron chi connectivity index (χ2n) is 16.2. The average molecular weight is 788 g/mol. The molecule has 1 nitrogen and oxygen atoms in total. The van der Waals surface area contributed by atoms with E-state index in [0.29, 0.717) is 5.92 Å². The van der Waals surface area contributed by atoms with Crippen LogP contribution in [0.1, 0.15) is 43.6 Å². The van der Waals surface area contributed by atoms with Gasteiger partial charge in [-0.15, -0.1) is 11.3 Å². The Labute approximate surface area is 356 Å². The highest BCUT2D eigenvalue weighted by Gasteiger charge is 2.24. The van der Waals surface area contributed by atoms with Crippen LogP contribution in [0.4, 0.5) is 17.1 Å². The highest BCUT2D eigenvalue weighted by molar-refractivity contribution is 7.26. The molecular formula is C58H45NS. The first-order valence-corrected chi connectivity index (χ1v) is 22.3. The van der Waals surface area contributed by atoms with Crippen molar-refractivity contribution in [2.24, 2.45) is 0 Å². The minimum Gasteiger partial charge on any atom is -0.309 e. The topological polar surface area (TPSA) is 3.24 Å². The van der Waals surface area contributed by atoms with Gasteiger partial charge in [0, 0.05) is 37.0 Å². The summed E-state index contributed by atoms with van der Waals surface area (Å²) in [5.74, 6) is 0.587. The van der Waals surface area contributed by atoms with E-state index in [-0.39, 0.29) is 0 Å². The maximum atomic E-state index is 2.50. The molecule has 11 rings (SSSR count). The maximum Gasteiger partial charge on any atom is 0.0540 e. The molecule has 1 aliphatic carbocycles. The van der Waals surface area contributed by atoms with Crippen molar-refractivity contribution in [1.29, 1.82) is 0 Å². The highest BCUT2D eigenvalue weighted by Crippen LogP contribution is 2.48. The van der Waals surface area contributed by atoms with Crippen LogP contribution < -0.4 is 4.90 Å². The molecule has 0 radical (unpaired) electrons. The Morgan fingerprint density at radius 3 is 1.73 bits per heavy atom. The van der Waals surface area contributed by atoms with Crippen LogP contribution >= 0.6 is 11.3 Å². The molecule has 1 aromatic heterocycles. The van der Waals surface area contributed by atoms with E-state index in [2.05, 4.69) is 211 Å². The number of nitrogens with zero attached hydrogens (tertiary/aromatic N) is 1. The standard InChI is InChI=1S/C58H45NS/c1-3-16-40(17-4-1)41-32-34-43(35-33-41)47-22-7-10-29-54(47)59(46-38-36-44(37-39-46)49-26-15-28-53-51-24-9-12-31-56(51)60-58(49)53)55-30-11-8-23-50(55)52-27-14-21-45-20-13-25-48(57(45)52)42-18-5-2-6-19-42/h1,3-4,7-17,20-39,42H,2,5-6,18-19H2. The minimum atomic E-state index is 0.587. The molecule has 0 spiro atoms. The van der Waals surface area contributed by atoms with Gasteiger partial charge in [0.1, 0.15) is 0 Å². The van der Waals surface area contributed by atoms with Crippen molar-refractivity contribution in [1.82, 2.24) is 0 Å². The lowest BCUT2D eigenvalue weighted by molar-refractivity contribution is 0.445. The monoisotopic (exact) mass is 787 g/mol. The van der Waals surface area contributed by atoms with Gasteiger partial charge in [-0.25, -0.2) is 0 Å². The average Bonchev–Trinajstić information content (AvgIpc) is 3.72. The van der Waals surface area contributed by atoms with E-state index >= 15 is 0 Å². The smallest absolute Gasteiger partial charge is 0.0540 e. The summed E-state index contributed by atoms with van der Waals surface area (Å²) in [5, 5.41) is 5.36. The number of anilines is 3. The van der Waals surface area contributed by atoms with Crippen LogP contribution in [0.15, 0.2) is 206 Å². The zero-order valence-corrected chi connectivity index (χ0v) is 34.4. The van der Waals surface area contributed by atoms with Gasteiger partial charge < -0.3 is 4.90 Å². The van der Waals surface area contributed by atoms with Gasteiger partial charge in [-0.05, 0) is 98.8 Å². The third kappa shape index (κ3) is 6.58. The Balaban J connectivity index is 1.09. The molecular weight excluding hydrogens is 743 g/mol. The van der Waals surface area contributed by atoms with Gasteiger partial charge in [0.2, 0.25) is 0 Å². The molecule has 1 fully saturated rings. The summed E-state index contributed by atoms with van der Waals surface area (Å²) in [5.41, 5.74) is 14.8. The molecule has 0 bridgehead atoms. The summed E-state index contributed by atoms with van der Waals surface area (Å²) in [6.07, 6.45) is 6.49. The van der Waals surface area contributed by atoms with Crippen LogP contribution in [0, 0.1) is 0 Å². The maximum absolute atomic E-state index is 2.50. The molecule has 1 saturated carbocycles. The van der Waals surface area contributed by atoms with Crippen molar-refractivity contribution in [2.45, 2.75) is 38.0 Å². The molecule has 0 atom stereocenters. The van der Waals surface area contributed by atoms with E-state index in [0.717, 1.165) is 17.1 Å². The van der Waals surface area contributed by atoms with Gasteiger partial charge >= 0.3 is 0 Å². The molecule has 288 valence electrons. The molecule has 10 aromatic rings. The van der Waals surface area contributed by atoms with Gasteiger partial charge in [-0.1, -0.05) is 195 Å². The number of para-hydroxylation sites is 2. The van der Waals surface area contributed by atoms with Crippen molar-refractivity contribution in [3.05, 3.63) is 212 Å². The Morgan fingerprint density at radius 1 is 0.383 bits per heavy atom. The predicted octanol–water partition coefficient (Wildman–Crippen LogP) is 17.4. The quantitative estimate of drug-likeness (QED) is 0.148. The van der Waals surface area contributed by atoms with Gasteiger partial charge in [0.15, 0.2) is 0 Å². The van der Waals surface area contributed by atoms with E-state index in [1.165, 1.54) is 113 Å². The molecule has 0 unspecified atom stereocenters. The number of fused-ring (bicyclic) bond motifs is 4. The lowest BCUT2D eigenvalue weighted by atomic mass is 9.80. The third-order valence-corrected chi connectivity index (χ3v) is 13.9. The van der Waals surface area contributed by atoms with E-state index < -0.39 is 0 Å². The molecule has 0 saturated heterocycles. The second-order valence-corrected chi connectivity index (χ2v) is 17.3. The zero-order chi connectivity index (χ0) is 39.8. The van der Waals surface area contributed by atoms with E-state index in [1.54, 1.807) is 0 Å². The molecule has 0 amide bonds. The van der Waals surface area contributed by atoms with Crippen molar-refractivity contribution in [2.75, 3.05) is 4.90 Å². The summed E-state index contributed by atoms with van der Waals surface area (Å²) in [6, 6.07) is 76.4. The fourth-order valence-corrected chi connectivity index (χ4v) is 11.0. The summed E-state index contributed by atoms with van der Waals surface area (Å²) in [4.78, 5) is 2.50. The normalized spacial score (nSPS) is 13.3. The zero-order valence-electron chi connectivity index (χ0n) is 33.6. The Kier molecular flexibility index (Phi) is 9.56. The molecule has 2 heteroatoms. The lowest BCUT2D eigenvalue weighted by Gasteiger charge is -2.31. The van der Waals surface area contributed by atoms with E-state index in [9.17, 15) is 0 Å². The first-order chi connectivity index (χ1) is 29.8. The Bertz CT molecular complexity index is 3110. The van der Waals surface area contributed by atoms with Crippen LogP contribution in [0.5, 0.6) is 0 Å². The highest BCUT2D eigenvalue weighted by atomic mass is 32.1. The fraction of sp³-hybridized carbons (Fsp3) is 0.103. The van der Waals surface area contributed by atoms with Crippen molar-refractivity contribution >= 4 is 59.3 Å². The van der Waals surface area contributed by atoms with Crippen molar-refractivity contribution in [3.8, 4) is 44.5 Å². The van der Waals surface area contributed by atoms with E-state index in [1.807, 2.05) is 11.3 Å². The molecule has 9 aromatic carbocycles. The third-order valence-electron chi connectivity index (χ3n) is 12.7. The van der Waals surface area contributed by atoms with Crippen molar-refractivity contribution in [3.63, 3.8) is 0 Å². The summed E-state index contributed by atoms with van der Waals surface area (Å²) in [6.45, 7) is 0. The summed E-state index contributed by atoms with van der Waals surface area (Å²) < 4.78 is 2.66. The molecule has 0 N–H and O–H groups in total. The Morgan fingerprint density at radius 2 is 0.933 bits per heavy atom. The number of hydrogen-bond donors (Lipinski definition) is 0. The fourth-order valence-electron chi connectivity index (χ4n) is 9.80. The van der Waals surface area contributed by atoms with Crippen LogP contribution in [0.25, 0.3) is 75.5 Å². The number of benzene rings is 9.